The summed E-state index contributed by atoms with van der Waals surface area (Å²) < 4.78 is 0. The molecule has 0 aromatic carbocycles. The zero-order chi connectivity index (χ0) is 11.6. The van der Waals surface area contributed by atoms with E-state index >= 15 is 0 Å². The Morgan fingerprint density at radius 3 is 2.27 bits per heavy atom. The van der Waals surface area contributed by atoms with Crippen LogP contribution in [0.2, 0.25) is 0 Å². The summed E-state index contributed by atoms with van der Waals surface area (Å²) in [7, 11) is 1.53. The van der Waals surface area contributed by atoms with E-state index in [4.69, 9.17) is 10.2 Å². The van der Waals surface area contributed by atoms with Crippen molar-refractivity contribution in [3.05, 3.63) is 0 Å². The molecule has 1 fully saturated rings. The zero-order valence-electron chi connectivity index (χ0n) is 9.06. The topological polar surface area (TPSA) is 77.8 Å². The van der Waals surface area contributed by atoms with Gasteiger partial charge >= 0.3 is 5.97 Å². The van der Waals surface area contributed by atoms with Crippen molar-refractivity contribution in [3.8, 4) is 0 Å². The maximum absolute atomic E-state index is 11.9. The molecule has 1 aliphatic carbocycles. The third-order valence-corrected chi connectivity index (χ3v) is 2.91. The molecule has 0 aromatic rings. The Morgan fingerprint density at radius 2 is 2.00 bits per heavy atom. The fourth-order valence-electron chi connectivity index (χ4n) is 1.89. The SMILES string of the molecule is CC(O)CN(C)C(=O)C1(C(=O)O)CCC1. The van der Waals surface area contributed by atoms with Crippen molar-refractivity contribution in [1.29, 1.82) is 0 Å². The molecular formula is C10H17NO4. The van der Waals surface area contributed by atoms with Gasteiger partial charge in [-0.05, 0) is 19.8 Å². The van der Waals surface area contributed by atoms with Crippen LogP contribution in [0.5, 0.6) is 0 Å². The summed E-state index contributed by atoms with van der Waals surface area (Å²) in [6.07, 6.45) is 0.960. The molecule has 0 spiro atoms. The number of nitrogens with zero attached hydrogens (tertiary/aromatic N) is 1. The smallest absolute Gasteiger partial charge is 0.319 e. The van der Waals surface area contributed by atoms with Crippen molar-refractivity contribution in [2.45, 2.75) is 32.3 Å². The van der Waals surface area contributed by atoms with E-state index in [0.717, 1.165) is 6.42 Å². The van der Waals surface area contributed by atoms with Crippen molar-refractivity contribution >= 4 is 11.9 Å². The molecule has 0 saturated heterocycles. The Bertz CT molecular complexity index is 271. The second kappa shape index (κ2) is 4.18. The molecule has 0 aliphatic heterocycles. The number of carboxylic acids is 1. The molecule has 15 heavy (non-hydrogen) atoms. The van der Waals surface area contributed by atoms with Gasteiger partial charge in [0, 0.05) is 13.6 Å². The number of carboxylic acid groups (broad SMARTS) is 1. The van der Waals surface area contributed by atoms with Crippen molar-refractivity contribution in [2.75, 3.05) is 13.6 Å². The Morgan fingerprint density at radius 1 is 1.47 bits per heavy atom. The highest BCUT2D eigenvalue weighted by Crippen LogP contribution is 2.42. The first-order valence-corrected chi connectivity index (χ1v) is 5.07. The van der Waals surface area contributed by atoms with Gasteiger partial charge < -0.3 is 15.1 Å². The van der Waals surface area contributed by atoms with Gasteiger partial charge in [-0.25, -0.2) is 0 Å². The fourth-order valence-corrected chi connectivity index (χ4v) is 1.89. The third kappa shape index (κ3) is 2.12. The summed E-state index contributed by atoms with van der Waals surface area (Å²) in [4.78, 5) is 24.2. The molecule has 0 aromatic heterocycles. The van der Waals surface area contributed by atoms with E-state index in [-0.39, 0.29) is 12.5 Å². The molecule has 1 saturated carbocycles. The summed E-state index contributed by atoms with van der Waals surface area (Å²) in [6, 6.07) is 0. The minimum Gasteiger partial charge on any atom is -0.480 e. The molecule has 1 atom stereocenters. The molecule has 1 amide bonds. The fraction of sp³-hybridized carbons (Fsp3) is 0.800. The molecular weight excluding hydrogens is 198 g/mol. The average molecular weight is 215 g/mol. The van der Waals surface area contributed by atoms with E-state index < -0.39 is 17.5 Å². The highest BCUT2D eigenvalue weighted by atomic mass is 16.4. The molecule has 2 N–H and O–H groups in total. The first kappa shape index (κ1) is 12.0. The number of aliphatic carboxylic acids is 1. The standard InChI is InChI=1S/C10H17NO4/c1-7(12)6-11(2)8(13)10(9(14)15)4-3-5-10/h7,12H,3-6H2,1-2H3,(H,14,15). The van der Waals surface area contributed by atoms with Gasteiger partial charge in [0.2, 0.25) is 5.91 Å². The zero-order valence-corrected chi connectivity index (χ0v) is 9.06. The highest BCUT2D eigenvalue weighted by Gasteiger charge is 2.52. The first-order valence-electron chi connectivity index (χ1n) is 5.07. The van der Waals surface area contributed by atoms with Gasteiger partial charge in [-0.2, -0.15) is 0 Å². The summed E-state index contributed by atoms with van der Waals surface area (Å²) in [6.45, 7) is 1.74. The third-order valence-electron chi connectivity index (χ3n) is 2.91. The Kier molecular flexibility index (Phi) is 3.34. The van der Waals surface area contributed by atoms with Crippen molar-refractivity contribution < 1.29 is 19.8 Å². The van der Waals surface area contributed by atoms with E-state index in [0.29, 0.717) is 12.8 Å². The van der Waals surface area contributed by atoms with Crippen LogP contribution in [0.1, 0.15) is 26.2 Å². The van der Waals surface area contributed by atoms with Crippen LogP contribution in [-0.2, 0) is 9.59 Å². The molecule has 5 nitrogen and oxygen atoms in total. The van der Waals surface area contributed by atoms with Crippen LogP contribution in [-0.4, -0.2) is 46.7 Å². The number of amides is 1. The van der Waals surface area contributed by atoms with Crippen LogP contribution < -0.4 is 0 Å². The van der Waals surface area contributed by atoms with Crippen molar-refractivity contribution in [3.63, 3.8) is 0 Å². The number of aliphatic hydroxyl groups excluding tert-OH is 1. The second-order valence-electron chi connectivity index (χ2n) is 4.28. The van der Waals surface area contributed by atoms with E-state index in [1.807, 2.05) is 0 Å². The Hall–Kier alpha value is -1.10. The highest BCUT2D eigenvalue weighted by molar-refractivity contribution is 6.02. The maximum Gasteiger partial charge on any atom is 0.319 e. The van der Waals surface area contributed by atoms with Gasteiger partial charge in [-0.3, -0.25) is 9.59 Å². The normalized spacial score (nSPS) is 20.2. The van der Waals surface area contributed by atoms with Crippen LogP contribution in [0.25, 0.3) is 0 Å². The summed E-state index contributed by atoms with van der Waals surface area (Å²) in [5.74, 6) is -1.43. The minimum absolute atomic E-state index is 0.174. The number of carbonyl (C=O) groups excluding carboxylic acids is 1. The molecule has 86 valence electrons. The van der Waals surface area contributed by atoms with E-state index in [9.17, 15) is 9.59 Å². The van der Waals surface area contributed by atoms with Crippen LogP contribution in [0.4, 0.5) is 0 Å². The lowest BCUT2D eigenvalue weighted by atomic mass is 9.68. The van der Waals surface area contributed by atoms with Gasteiger partial charge in [-0.1, -0.05) is 6.42 Å². The molecule has 1 rings (SSSR count). The predicted octanol–water partition coefficient (Wildman–Crippen LogP) is 0.0805. The van der Waals surface area contributed by atoms with E-state index in [2.05, 4.69) is 0 Å². The second-order valence-corrected chi connectivity index (χ2v) is 4.28. The van der Waals surface area contributed by atoms with Crippen LogP contribution in [0.15, 0.2) is 0 Å². The molecule has 5 heteroatoms. The number of hydrogen-bond acceptors (Lipinski definition) is 3. The lowest BCUT2D eigenvalue weighted by molar-refractivity contribution is -0.167. The number of likely N-dealkylation sites (N-methyl/N-ethyl adjacent to an activating group) is 1. The van der Waals surface area contributed by atoms with E-state index in [1.165, 1.54) is 11.9 Å². The number of rotatable bonds is 4. The van der Waals surface area contributed by atoms with E-state index in [1.54, 1.807) is 6.92 Å². The van der Waals surface area contributed by atoms with Gasteiger partial charge in [0.15, 0.2) is 0 Å². The Balaban J connectivity index is 2.69. The maximum atomic E-state index is 11.9. The largest absolute Gasteiger partial charge is 0.480 e. The predicted molar refractivity (Wildman–Crippen MR) is 53.2 cm³/mol. The number of aliphatic hydroxyl groups is 1. The number of carbonyl (C=O) groups is 2. The molecule has 0 radical (unpaired) electrons. The van der Waals surface area contributed by atoms with Crippen molar-refractivity contribution in [1.82, 2.24) is 4.90 Å². The monoisotopic (exact) mass is 215 g/mol. The van der Waals surface area contributed by atoms with Gasteiger partial charge in [0.1, 0.15) is 5.41 Å². The molecule has 1 aliphatic rings. The molecule has 0 bridgehead atoms. The average Bonchev–Trinajstić information content (AvgIpc) is 1.99. The summed E-state index contributed by atoms with van der Waals surface area (Å²) in [5.41, 5.74) is -1.22. The van der Waals surface area contributed by atoms with Crippen LogP contribution in [0.3, 0.4) is 0 Å². The number of hydrogen-bond donors (Lipinski definition) is 2. The molecule has 0 heterocycles. The molecule has 1 unspecified atom stereocenters. The first-order chi connectivity index (χ1) is 6.90. The van der Waals surface area contributed by atoms with Crippen LogP contribution >= 0.6 is 0 Å². The minimum atomic E-state index is -1.22. The quantitative estimate of drug-likeness (QED) is 0.651. The van der Waals surface area contributed by atoms with Gasteiger partial charge in [-0.15, -0.1) is 0 Å². The summed E-state index contributed by atoms with van der Waals surface area (Å²) >= 11 is 0. The summed E-state index contributed by atoms with van der Waals surface area (Å²) in [5, 5.41) is 18.2. The Labute approximate surface area is 88.7 Å². The lowest BCUT2D eigenvalue weighted by Crippen LogP contribution is -2.52. The van der Waals surface area contributed by atoms with Gasteiger partial charge in [0.05, 0.1) is 6.10 Å². The lowest BCUT2D eigenvalue weighted by Gasteiger charge is -2.39. The van der Waals surface area contributed by atoms with Crippen LogP contribution in [0, 0.1) is 5.41 Å². The van der Waals surface area contributed by atoms with Gasteiger partial charge in [0.25, 0.3) is 0 Å². The van der Waals surface area contributed by atoms with Crippen molar-refractivity contribution in [2.24, 2.45) is 5.41 Å².